The molecule has 0 heterocycles. The van der Waals surface area contributed by atoms with E-state index in [1.54, 1.807) is 6.92 Å². The largest absolute Gasteiger partial charge is 0.469 e. The number of esters is 1. The molecule has 110 valence electrons. The third-order valence-corrected chi connectivity index (χ3v) is 4.36. The van der Waals surface area contributed by atoms with Crippen LogP contribution in [0.2, 0.25) is 0 Å². The van der Waals surface area contributed by atoms with Gasteiger partial charge >= 0.3 is 5.97 Å². The SMILES string of the molecule is CC[C@@H](C(=O)C[C@H](C)C(=O)OC)[C@H]1CCCC[C@H]1N. The second kappa shape index (κ2) is 7.63. The summed E-state index contributed by atoms with van der Waals surface area (Å²) in [5.41, 5.74) is 6.17. The number of rotatable bonds is 6. The van der Waals surface area contributed by atoms with Gasteiger partial charge < -0.3 is 10.5 Å². The highest BCUT2D eigenvalue weighted by Crippen LogP contribution is 2.32. The van der Waals surface area contributed by atoms with Gasteiger partial charge in [0.2, 0.25) is 0 Å². The maximum Gasteiger partial charge on any atom is 0.308 e. The lowest BCUT2D eigenvalue weighted by atomic mass is 9.73. The van der Waals surface area contributed by atoms with Crippen LogP contribution in [-0.2, 0) is 14.3 Å². The predicted octanol–water partition coefficient (Wildman–Crippen LogP) is 2.30. The standard InChI is InChI=1S/C15H27NO3/c1-4-11(12-7-5-6-8-13(12)16)14(17)9-10(2)15(18)19-3/h10-13H,4-9,16H2,1-3H3/t10-,11+,12+,13+/m0/s1. The minimum Gasteiger partial charge on any atom is -0.469 e. The van der Waals surface area contributed by atoms with Gasteiger partial charge in [0.25, 0.3) is 0 Å². The molecule has 19 heavy (non-hydrogen) atoms. The van der Waals surface area contributed by atoms with Crippen molar-refractivity contribution < 1.29 is 14.3 Å². The van der Waals surface area contributed by atoms with Gasteiger partial charge in [0, 0.05) is 18.4 Å². The second-order valence-corrected chi connectivity index (χ2v) is 5.72. The van der Waals surface area contributed by atoms with E-state index in [-0.39, 0.29) is 42.0 Å². The van der Waals surface area contributed by atoms with Crippen LogP contribution in [0.5, 0.6) is 0 Å². The van der Waals surface area contributed by atoms with Crippen molar-refractivity contribution in [1.29, 1.82) is 0 Å². The van der Waals surface area contributed by atoms with Crippen LogP contribution in [0.25, 0.3) is 0 Å². The molecular formula is C15H27NO3. The summed E-state index contributed by atoms with van der Waals surface area (Å²) < 4.78 is 4.68. The van der Waals surface area contributed by atoms with Gasteiger partial charge in [-0.2, -0.15) is 0 Å². The van der Waals surface area contributed by atoms with Crippen LogP contribution < -0.4 is 5.73 Å². The first-order valence-electron chi connectivity index (χ1n) is 7.37. The van der Waals surface area contributed by atoms with Gasteiger partial charge in [-0.05, 0) is 25.2 Å². The predicted molar refractivity (Wildman–Crippen MR) is 74.5 cm³/mol. The molecular weight excluding hydrogens is 242 g/mol. The van der Waals surface area contributed by atoms with Crippen LogP contribution in [0.15, 0.2) is 0 Å². The number of hydrogen-bond acceptors (Lipinski definition) is 4. The highest BCUT2D eigenvalue weighted by atomic mass is 16.5. The van der Waals surface area contributed by atoms with Crippen LogP contribution in [-0.4, -0.2) is 24.9 Å². The first-order chi connectivity index (χ1) is 9.01. The maximum absolute atomic E-state index is 12.4. The van der Waals surface area contributed by atoms with Crippen molar-refractivity contribution in [2.75, 3.05) is 7.11 Å². The van der Waals surface area contributed by atoms with E-state index >= 15 is 0 Å². The molecule has 0 spiro atoms. The van der Waals surface area contributed by atoms with Gasteiger partial charge in [-0.3, -0.25) is 9.59 Å². The lowest BCUT2D eigenvalue weighted by Gasteiger charge is -2.34. The Bertz CT molecular complexity index is 317. The average molecular weight is 269 g/mol. The summed E-state index contributed by atoms with van der Waals surface area (Å²) in [5, 5.41) is 0. The van der Waals surface area contributed by atoms with Gasteiger partial charge in [0.15, 0.2) is 0 Å². The molecule has 1 aliphatic rings. The van der Waals surface area contributed by atoms with Crippen molar-refractivity contribution in [3.63, 3.8) is 0 Å². The molecule has 4 atom stereocenters. The summed E-state index contributed by atoms with van der Waals surface area (Å²) >= 11 is 0. The Morgan fingerprint density at radius 2 is 1.95 bits per heavy atom. The van der Waals surface area contributed by atoms with Gasteiger partial charge in [-0.25, -0.2) is 0 Å². The van der Waals surface area contributed by atoms with Crippen molar-refractivity contribution in [3.05, 3.63) is 0 Å². The lowest BCUT2D eigenvalue weighted by Crippen LogP contribution is -2.40. The minimum absolute atomic E-state index is 0.00223. The number of nitrogens with two attached hydrogens (primary N) is 1. The fourth-order valence-electron chi connectivity index (χ4n) is 3.19. The first-order valence-corrected chi connectivity index (χ1v) is 7.37. The Balaban J connectivity index is 2.63. The fourth-order valence-corrected chi connectivity index (χ4v) is 3.19. The number of methoxy groups -OCH3 is 1. The molecule has 0 amide bonds. The van der Waals surface area contributed by atoms with Crippen LogP contribution in [0.3, 0.4) is 0 Å². The molecule has 2 N–H and O–H groups in total. The summed E-state index contributed by atoms with van der Waals surface area (Å²) in [7, 11) is 1.36. The lowest BCUT2D eigenvalue weighted by molar-refractivity contribution is -0.147. The number of carbonyl (C=O) groups excluding carboxylic acids is 2. The Hall–Kier alpha value is -0.900. The molecule has 1 saturated carbocycles. The number of Topliss-reactive ketones (excluding diaryl/α,β-unsaturated/α-hetero) is 1. The Kier molecular flexibility index (Phi) is 6.49. The third kappa shape index (κ3) is 4.30. The van der Waals surface area contributed by atoms with E-state index in [2.05, 4.69) is 4.74 Å². The molecule has 0 aromatic heterocycles. The zero-order valence-electron chi connectivity index (χ0n) is 12.4. The molecule has 1 rings (SSSR count). The Morgan fingerprint density at radius 3 is 2.47 bits per heavy atom. The fraction of sp³-hybridized carbons (Fsp3) is 0.867. The van der Waals surface area contributed by atoms with Gasteiger partial charge in [-0.1, -0.05) is 26.7 Å². The van der Waals surface area contributed by atoms with Crippen LogP contribution in [0, 0.1) is 17.8 Å². The van der Waals surface area contributed by atoms with E-state index in [9.17, 15) is 9.59 Å². The first kappa shape index (κ1) is 16.2. The maximum atomic E-state index is 12.4. The molecule has 0 saturated heterocycles. The highest BCUT2D eigenvalue weighted by Gasteiger charge is 2.33. The molecule has 0 aromatic rings. The van der Waals surface area contributed by atoms with E-state index in [1.165, 1.54) is 13.5 Å². The van der Waals surface area contributed by atoms with Crippen LogP contribution in [0.4, 0.5) is 0 Å². The number of carbonyl (C=O) groups is 2. The highest BCUT2D eigenvalue weighted by molar-refractivity contribution is 5.86. The molecule has 0 aromatic carbocycles. The monoisotopic (exact) mass is 269 g/mol. The van der Waals surface area contributed by atoms with Crippen LogP contribution >= 0.6 is 0 Å². The van der Waals surface area contributed by atoms with E-state index in [0.29, 0.717) is 0 Å². The van der Waals surface area contributed by atoms with Gasteiger partial charge in [0.1, 0.15) is 5.78 Å². The molecule has 0 radical (unpaired) electrons. The van der Waals surface area contributed by atoms with Crippen molar-refractivity contribution in [3.8, 4) is 0 Å². The quantitative estimate of drug-likeness (QED) is 0.751. The summed E-state index contributed by atoms with van der Waals surface area (Å²) in [5.74, 6) is -0.205. The zero-order chi connectivity index (χ0) is 14.4. The molecule has 0 bridgehead atoms. The summed E-state index contributed by atoms with van der Waals surface area (Å²) in [4.78, 5) is 23.8. The van der Waals surface area contributed by atoms with E-state index in [1.807, 2.05) is 6.92 Å². The normalized spacial score (nSPS) is 26.5. The molecule has 4 heteroatoms. The topological polar surface area (TPSA) is 69.4 Å². The number of hydrogen-bond donors (Lipinski definition) is 1. The smallest absolute Gasteiger partial charge is 0.308 e. The second-order valence-electron chi connectivity index (χ2n) is 5.72. The van der Waals surface area contributed by atoms with Crippen molar-refractivity contribution in [2.45, 2.75) is 58.4 Å². The summed E-state index contributed by atoms with van der Waals surface area (Å²) in [6, 6.07) is 0.135. The number of ether oxygens (including phenoxy) is 1. The Morgan fingerprint density at radius 1 is 1.32 bits per heavy atom. The molecule has 4 nitrogen and oxygen atoms in total. The summed E-state index contributed by atoms with van der Waals surface area (Å²) in [6.07, 6.45) is 5.47. The minimum atomic E-state index is -0.355. The average Bonchev–Trinajstić information content (AvgIpc) is 2.40. The third-order valence-electron chi connectivity index (χ3n) is 4.36. The number of ketones is 1. The van der Waals surface area contributed by atoms with E-state index < -0.39 is 0 Å². The van der Waals surface area contributed by atoms with Gasteiger partial charge in [0.05, 0.1) is 13.0 Å². The van der Waals surface area contributed by atoms with Gasteiger partial charge in [-0.15, -0.1) is 0 Å². The van der Waals surface area contributed by atoms with E-state index in [4.69, 9.17) is 5.73 Å². The van der Waals surface area contributed by atoms with E-state index in [0.717, 1.165) is 25.7 Å². The zero-order valence-corrected chi connectivity index (χ0v) is 12.4. The molecule has 0 aliphatic heterocycles. The van der Waals surface area contributed by atoms with Crippen molar-refractivity contribution in [1.82, 2.24) is 0 Å². The molecule has 0 unspecified atom stereocenters. The van der Waals surface area contributed by atoms with Crippen LogP contribution in [0.1, 0.15) is 52.4 Å². The molecule has 1 fully saturated rings. The van der Waals surface area contributed by atoms with Crippen molar-refractivity contribution >= 4 is 11.8 Å². The molecule has 1 aliphatic carbocycles. The summed E-state index contributed by atoms with van der Waals surface area (Å²) in [6.45, 7) is 3.78. The Labute approximate surface area is 116 Å². The van der Waals surface area contributed by atoms with Crippen molar-refractivity contribution in [2.24, 2.45) is 23.5 Å².